The number of halogens is 3. The zero-order valence-corrected chi connectivity index (χ0v) is 10.6. The first-order chi connectivity index (χ1) is 7.13. The van der Waals surface area contributed by atoms with Gasteiger partial charge in [0.05, 0.1) is 6.54 Å². The smallest absolute Gasteiger partial charge is 0.324 e. The molecule has 0 bridgehead atoms. The Kier molecular flexibility index (Phi) is 5.76. The third-order valence-corrected chi connectivity index (χ3v) is 3.04. The number of rotatable bonds is 6. The topological polar surface area (TPSA) is 29.3 Å². The van der Waals surface area contributed by atoms with Crippen molar-refractivity contribution in [2.75, 3.05) is 13.1 Å². The molecular weight excluding hydrogens is 217 g/mol. The minimum Gasteiger partial charge on any atom is -0.324 e. The monoisotopic (exact) mass is 240 g/mol. The Hall–Kier alpha value is -0.290. The van der Waals surface area contributed by atoms with Gasteiger partial charge in [-0.15, -0.1) is 0 Å². The van der Waals surface area contributed by atoms with Crippen molar-refractivity contribution in [3.63, 3.8) is 0 Å². The van der Waals surface area contributed by atoms with Crippen LogP contribution in [0.15, 0.2) is 0 Å². The Labute approximate surface area is 96.0 Å². The Morgan fingerprint density at radius 2 is 1.50 bits per heavy atom. The average Bonchev–Trinajstić information content (AvgIpc) is 2.14. The molecule has 0 heterocycles. The highest BCUT2D eigenvalue weighted by Gasteiger charge is 2.34. The van der Waals surface area contributed by atoms with Gasteiger partial charge in [-0.2, -0.15) is 13.2 Å². The molecular formula is C11H23F3N2. The highest BCUT2D eigenvalue weighted by molar-refractivity contribution is 4.86. The summed E-state index contributed by atoms with van der Waals surface area (Å²) in [4.78, 5) is 1.40. The molecule has 16 heavy (non-hydrogen) atoms. The minimum absolute atomic E-state index is 0.150. The SMILES string of the molecule is CCC(N)(CC)CN(CC(F)(F)F)C(C)C. The third kappa shape index (κ3) is 5.70. The molecule has 0 spiro atoms. The molecule has 0 aromatic carbocycles. The molecule has 98 valence electrons. The summed E-state index contributed by atoms with van der Waals surface area (Å²) in [5.41, 5.74) is 5.53. The van der Waals surface area contributed by atoms with E-state index in [0.717, 1.165) is 0 Å². The van der Waals surface area contributed by atoms with Crippen molar-refractivity contribution < 1.29 is 13.2 Å². The number of nitrogens with zero attached hydrogens (tertiary/aromatic N) is 1. The van der Waals surface area contributed by atoms with E-state index in [1.165, 1.54) is 4.90 Å². The molecule has 0 aliphatic heterocycles. The van der Waals surface area contributed by atoms with E-state index in [1.54, 1.807) is 13.8 Å². The van der Waals surface area contributed by atoms with Gasteiger partial charge in [0.25, 0.3) is 0 Å². The van der Waals surface area contributed by atoms with Crippen molar-refractivity contribution >= 4 is 0 Å². The average molecular weight is 240 g/mol. The standard InChI is InChI=1S/C11H23F3N2/c1-5-10(15,6-2)7-16(9(3)4)8-11(12,13)14/h9H,5-8,15H2,1-4H3. The highest BCUT2D eigenvalue weighted by Crippen LogP contribution is 2.21. The van der Waals surface area contributed by atoms with Gasteiger partial charge < -0.3 is 5.73 Å². The number of hydrogen-bond donors (Lipinski definition) is 1. The van der Waals surface area contributed by atoms with Crippen molar-refractivity contribution in [2.45, 2.75) is 58.3 Å². The van der Waals surface area contributed by atoms with Crippen LogP contribution in [-0.4, -0.2) is 35.7 Å². The van der Waals surface area contributed by atoms with Crippen LogP contribution < -0.4 is 5.73 Å². The van der Waals surface area contributed by atoms with E-state index < -0.39 is 18.3 Å². The van der Waals surface area contributed by atoms with Crippen molar-refractivity contribution in [3.05, 3.63) is 0 Å². The summed E-state index contributed by atoms with van der Waals surface area (Å²) >= 11 is 0. The van der Waals surface area contributed by atoms with Crippen molar-refractivity contribution in [2.24, 2.45) is 5.73 Å². The van der Waals surface area contributed by atoms with Gasteiger partial charge in [-0.25, -0.2) is 0 Å². The molecule has 0 fully saturated rings. The van der Waals surface area contributed by atoms with Gasteiger partial charge in [0.15, 0.2) is 0 Å². The fourth-order valence-electron chi connectivity index (χ4n) is 1.53. The number of alkyl halides is 3. The summed E-state index contributed by atoms with van der Waals surface area (Å²) in [6, 6.07) is -0.150. The van der Waals surface area contributed by atoms with Crippen molar-refractivity contribution in [1.82, 2.24) is 4.90 Å². The highest BCUT2D eigenvalue weighted by atomic mass is 19.4. The first-order valence-electron chi connectivity index (χ1n) is 5.73. The normalized spacial score (nSPS) is 13.9. The second kappa shape index (κ2) is 5.87. The summed E-state index contributed by atoms with van der Waals surface area (Å²) in [5.74, 6) is 0. The van der Waals surface area contributed by atoms with E-state index in [2.05, 4.69) is 0 Å². The fourth-order valence-corrected chi connectivity index (χ4v) is 1.53. The first-order valence-corrected chi connectivity index (χ1v) is 5.73. The second-order valence-corrected chi connectivity index (χ2v) is 4.68. The molecule has 2 N–H and O–H groups in total. The van der Waals surface area contributed by atoms with E-state index in [9.17, 15) is 13.2 Å². The van der Waals surface area contributed by atoms with Crippen LogP contribution >= 0.6 is 0 Å². The number of nitrogens with two attached hydrogens (primary N) is 1. The number of hydrogen-bond acceptors (Lipinski definition) is 2. The second-order valence-electron chi connectivity index (χ2n) is 4.68. The predicted octanol–water partition coefficient (Wildman–Crippen LogP) is 2.78. The molecule has 2 nitrogen and oxygen atoms in total. The minimum atomic E-state index is -4.16. The summed E-state index contributed by atoms with van der Waals surface area (Å²) in [5, 5.41) is 0. The summed E-state index contributed by atoms with van der Waals surface area (Å²) in [7, 11) is 0. The van der Waals surface area contributed by atoms with Crippen molar-refractivity contribution in [1.29, 1.82) is 0 Å². The molecule has 0 amide bonds. The Morgan fingerprint density at radius 1 is 1.06 bits per heavy atom. The lowest BCUT2D eigenvalue weighted by Gasteiger charge is -2.36. The van der Waals surface area contributed by atoms with E-state index in [-0.39, 0.29) is 12.6 Å². The van der Waals surface area contributed by atoms with Crippen LogP contribution in [0.25, 0.3) is 0 Å². The van der Waals surface area contributed by atoms with Crippen LogP contribution in [0.3, 0.4) is 0 Å². The van der Waals surface area contributed by atoms with Gasteiger partial charge >= 0.3 is 6.18 Å². The molecule has 0 saturated heterocycles. The van der Waals surface area contributed by atoms with E-state index in [1.807, 2.05) is 13.8 Å². The zero-order chi connectivity index (χ0) is 13.0. The zero-order valence-electron chi connectivity index (χ0n) is 10.6. The Morgan fingerprint density at radius 3 is 1.75 bits per heavy atom. The quantitative estimate of drug-likeness (QED) is 0.773. The molecule has 5 heteroatoms. The van der Waals surface area contributed by atoms with E-state index >= 15 is 0 Å². The molecule has 0 atom stereocenters. The summed E-state index contributed by atoms with van der Waals surface area (Å²) in [6.45, 7) is 6.75. The summed E-state index contributed by atoms with van der Waals surface area (Å²) < 4.78 is 37.1. The van der Waals surface area contributed by atoms with Gasteiger partial charge in [0.2, 0.25) is 0 Å². The van der Waals surface area contributed by atoms with Crippen LogP contribution in [0.4, 0.5) is 13.2 Å². The molecule has 0 aliphatic carbocycles. The van der Waals surface area contributed by atoms with Gasteiger partial charge in [-0.3, -0.25) is 4.90 Å². The van der Waals surface area contributed by atoms with Gasteiger partial charge in [0.1, 0.15) is 0 Å². The molecule has 0 aliphatic rings. The van der Waals surface area contributed by atoms with E-state index in [0.29, 0.717) is 12.8 Å². The lowest BCUT2D eigenvalue weighted by molar-refractivity contribution is -0.151. The maximum atomic E-state index is 12.4. The van der Waals surface area contributed by atoms with Crippen molar-refractivity contribution in [3.8, 4) is 0 Å². The van der Waals surface area contributed by atoms with Crippen LogP contribution in [0.1, 0.15) is 40.5 Å². The lowest BCUT2D eigenvalue weighted by atomic mass is 9.93. The lowest BCUT2D eigenvalue weighted by Crippen LogP contribution is -2.53. The Balaban J connectivity index is 4.57. The summed E-state index contributed by atoms with van der Waals surface area (Å²) in [6.07, 6.45) is -2.79. The molecule has 0 aromatic rings. The molecule has 0 rings (SSSR count). The molecule has 0 saturated carbocycles. The Bertz CT molecular complexity index is 198. The molecule has 0 radical (unpaired) electrons. The third-order valence-electron chi connectivity index (χ3n) is 3.04. The molecule has 0 aromatic heterocycles. The fraction of sp³-hybridized carbons (Fsp3) is 1.00. The first kappa shape index (κ1) is 15.7. The van der Waals surface area contributed by atoms with Gasteiger partial charge in [-0.05, 0) is 26.7 Å². The van der Waals surface area contributed by atoms with Crippen LogP contribution in [-0.2, 0) is 0 Å². The predicted molar refractivity (Wildman–Crippen MR) is 60.3 cm³/mol. The van der Waals surface area contributed by atoms with Gasteiger partial charge in [-0.1, -0.05) is 13.8 Å². The molecule has 0 unspecified atom stereocenters. The largest absolute Gasteiger partial charge is 0.401 e. The van der Waals surface area contributed by atoms with Crippen LogP contribution in [0.5, 0.6) is 0 Å². The van der Waals surface area contributed by atoms with Gasteiger partial charge in [0, 0.05) is 18.1 Å². The van der Waals surface area contributed by atoms with Crippen LogP contribution in [0.2, 0.25) is 0 Å². The van der Waals surface area contributed by atoms with Crippen LogP contribution in [0, 0.1) is 0 Å². The maximum Gasteiger partial charge on any atom is 0.401 e. The maximum absolute atomic E-state index is 12.4. The van der Waals surface area contributed by atoms with E-state index in [4.69, 9.17) is 5.73 Å².